The summed E-state index contributed by atoms with van der Waals surface area (Å²) in [5.74, 6) is 0.329. The van der Waals surface area contributed by atoms with Crippen molar-refractivity contribution < 1.29 is 9.59 Å². The van der Waals surface area contributed by atoms with E-state index >= 15 is 0 Å². The number of aryl methyl sites for hydroxylation is 1. The van der Waals surface area contributed by atoms with Gasteiger partial charge in [-0.2, -0.15) is 0 Å². The first-order valence-electron chi connectivity index (χ1n) is 6.15. The number of hydrogen-bond acceptors (Lipinski definition) is 2. The Bertz CT molecular complexity index is 471. The van der Waals surface area contributed by atoms with Gasteiger partial charge in [-0.15, -0.1) is 0 Å². The molecule has 0 spiro atoms. The van der Waals surface area contributed by atoms with Crippen LogP contribution in [0.2, 0.25) is 0 Å². The molecule has 0 bridgehead atoms. The highest BCUT2D eigenvalue weighted by Gasteiger charge is 2.26. The van der Waals surface area contributed by atoms with Crippen LogP contribution in [0.25, 0.3) is 0 Å². The first-order valence-corrected chi connectivity index (χ1v) is 6.15. The Morgan fingerprint density at radius 3 is 2.78 bits per heavy atom. The molecular formula is C14H18N2O2. The Morgan fingerprint density at radius 1 is 1.44 bits per heavy atom. The Hall–Kier alpha value is -1.84. The van der Waals surface area contributed by atoms with Gasteiger partial charge in [0.2, 0.25) is 5.91 Å². The van der Waals surface area contributed by atoms with Gasteiger partial charge in [0, 0.05) is 38.0 Å². The fourth-order valence-corrected chi connectivity index (χ4v) is 2.25. The van der Waals surface area contributed by atoms with E-state index in [0.717, 1.165) is 12.1 Å². The van der Waals surface area contributed by atoms with Crippen molar-refractivity contribution in [3.8, 4) is 0 Å². The molecule has 1 atom stereocenters. The quantitative estimate of drug-likeness (QED) is 0.871. The lowest BCUT2D eigenvalue weighted by Gasteiger charge is -2.12. The van der Waals surface area contributed by atoms with Gasteiger partial charge < -0.3 is 10.2 Å². The van der Waals surface area contributed by atoms with Gasteiger partial charge in [0.15, 0.2) is 0 Å². The van der Waals surface area contributed by atoms with Crippen LogP contribution in [0, 0.1) is 12.8 Å². The Kier molecular flexibility index (Phi) is 3.65. The summed E-state index contributed by atoms with van der Waals surface area (Å²) in [6.07, 6.45) is 0.532. The monoisotopic (exact) mass is 246 g/mol. The fourth-order valence-electron chi connectivity index (χ4n) is 2.25. The topological polar surface area (TPSA) is 49.4 Å². The van der Waals surface area contributed by atoms with Gasteiger partial charge in [-0.25, -0.2) is 0 Å². The van der Waals surface area contributed by atoms with E-state index in [2.05, 4.69) is 5.32 Å². The largest absolute Gasteiger partial charge is 0.352 e. The number of nitrogens with zero attached hydrogens (tertiary/aromatic N) is 1. The van der Waals surface area contributed by atoms with E-state index in [9.17, 15) is 9.59 Å². The predicted octanol–water partition coefficient (Wildman–Crippen LogP) is 1.20. The molecule has 1 heterocycles. The predicted molar refractivity (Wildman–Crippen MR) is 69.3 cm³/mol. The zero-order chi connectivity index (χ0) is 13.1. The van der Waals surface area contributed by atoms with Gasteiger partial charge in [-0.3, -0.25) is 9.59 Å². The Balaban J connectivity index is 1.90. The van der Waals surface area contributed by atoms with Crippen molar-refractivity contribution >= 4 is 11.8 Å². The van der Waals surface area contributed by atoms with Crippen molar-refractivity contribution in [1.29, 1.82) is 0 Å². The van der Waals surface area contributed by atoms with Gasteiger partial charge in [0.25, 0.3) is 5.91 Å². The first-order chi connectivity index (χ1) is 8.58. The Labute approximate surface area is 107 Å². The van der Waals surface area contributed by atoms with E-state index in [4.69, 9.17) is 0 Å². The van der Waals surface area contributed by atoms with E-state index in [1.54, 1.807) is 11.9 Å². The summed E-state index contributed by atoms with van der Waals surface area (Å²) in [6, 6.07) is 7.50. The summed E-state index contributed by atoms with van der Waals surface area (Å²) in [7, 11) is 1.80. The van der Waals surface area contributed by atoms with Crippen LogP contribution in [0.3, 0.4) is 0 Å². The van der Waals surface area contributed by atoms with Gasteiger partial charge in [0.05, 0.1) is 0 Å². The minimum atomic E-state index is -0.0601. The molecule has 0 aliphatic carbocycles. The van der Waals surface area contributed by atoms with Gasteiger partial charge in [-0.05, 0) is 18.6 Å². The van der Waals surface area contributed by atoms with Crippen molar-refractivity contribution in [3.05, 3.63) is 35.4 Å². The first kappa shape index (κ1) is 12.6. The van der Waals surface area contributed by atoms with E-state index in [0.29, 0.717) is 18.5 Å². The molecule has 1 aliphatic heterocycles. The van der Waals surface area contributed by atoms with Gasteiger partial charge in [-0.1, -0.05) is 18.2 Å². The smallest absolute Gasteiger partial charge is 0.251 e. The molecule has 4 heteroatoms. The second-order valence-corrected chi connectivity index (χ2v) is 4.87. The minimum Gasteiger partial charge on any atom is -0.352 e. The number of hydrogen-bond donors (Lipinski definition) is 1. The number of likely N-dealkylation sites (tertiary alicyclic amines) is 1. The van der Waals surface area contributed by atoms with Crippen molar-refractivity contribution in [3.63, 3.8) is 0 Å². The molecule has 1 aromatic rings. The lowest BCUT2D eigenvalue weighted by molar-refractivity contribution is -0.126. The third-order valence-corrected chi connectivity index (χ3v) is 3.36. The van der Waals surface area contributed by atoms with Crippen LogP contribution in [0.15, 0.2) is 24.3 Å². The van der Waals surface area contributed by atoms with Crippen LogP contribution < -0.4 is 5.32 Å². The molecule has 0 radical (unpaired) electrons. The summed E-state index contributed by atoms with van der Waals surface area (Å²) in [5.41, 5.74) is 1.67. The lowest BCUT2D eigenvalue weighted by atomic mass is 10.1. The summed E-state index contributed by atoms with van der Waals surface area (Å²) in [4.78, 5) is 25.1. The van der Waals surface area contributed by atoms with Crippen LogP contribution in [0.5, 0.6) is 0 Å². The van der Waals surface area contributed by atoms with E-state index in [1.807, 2.05) is 31.2 Å². The normalized spacial score (nSPS) is 19.1. The molecule has 2 amide bonds. The third kappa shape index (κ3) is 2.70. The highest BCUT2D eigenvalue weighted by molar-refractivity contribution is 5.95. The van der Waals surface area contributed by atoms with Crippen molar-refractivity contribution in [1.82, 2.24) is 10.2 Å². The molecule has 0 saturated carbocycles. The molecule has 96 valence electrons. The van der Waals surface area contributed by atoms with Gasteiger partial charge >= 0.3 is 0 Å². The maximum Gasteiger partial charge on any atom is 0.251 e. The number of carbonyl (C=O) groups is 2. The van der Waals surface area contributed by atoms with Crippen molar-refractivity contribution in [2.24, 2.45) is 5.92 Å². The van der Waals surface area contributed by atoms with Crippen molar-refractivity contribution in [2.75, 3.05) is 20.1 Å². The Morgan fingerprint density at radius 2 is 2.17 bits per heavy atom. The number of amides is 2. The average molecular weight is 246 g/mol. The van der Waals surface area contributed by atoms with Crippen molar-refractivity contribution in [2.45, 2.75) is 13.3 Å². The molecule has 1 aromatic carbocycles. The highest BCUT2D eigenvalue weighted by Crippen LogP contribution is 2.15. The molecule has 1 aliphatic rings. The van der Waals surface area contributed by atoms with E-state index in [-0.39, 0.29) is 17.7 Å². The van der Waals surface area contributed by atoms with E-state index in [1.165, 1.54) is 0 Å². The maximum atomic E-state index is 12.0. The number of benzene rings is 1. The van der Waals surface area contributed by atoms with Gasteiger partial charge in [0.1, 0.15) is 0 Å². The summed E-state index contributed by atoms with van der Waals surface area (Å²) < 4.78 is 0. The molecule has 1 N–H and O–H groups in total. The highest BCUT2D eigenvalue weighted by atomic mass is 16.2. The molecule has 1 saturated heterocycles. The number of nitrogens with one attached hydrogen (secondary N) is 1. The summed E-state index contributed by atoms with van der Waals surface area (Å²) in [5, 5.41) is 2.90. The lowest BCUT2D eigenvalue weighted by Crippen LogP contribution is -2.30. The van der Waals surface area contributed by atoms with E-state index < -0.39 is 0 Å². The average Bonchev–Trinajstić information content (AvgIpc) is 2.66. The molecule has 1 fully saturated rings. The molecule has 18 heavy (non-hydrogen) atoms. The van der Waals surface area contributed by atoms with Crippen LogP contribution in [0.1, 0.15) is 22.3 Å². The number of rotatable bonds is 3. The second kappa shape index (κ2) is 5.21. The van der Waals surface area contributed by atoms with Crippen LogP contribution in [0.4, 0.5) is 0 Å². The number of carbonyl (C=O) groups excluding carboxylic acids is 2. The van der Waals surface area contributed by atoms with Crippen LogP contribution in [-0.4, -0.2) is 36.9 Å². The summed E-state index contributed by atoms with van der Waals surface area (Å²) in [6.45, 7) is 3.21. The molecular weight excluding hydrogens is 228 g/mol. The SMILES string of the molecule is Cc1ccccc1C(=O)NCC1CC(=O)N(C)C1. The standard InChI is InChI=1S/C14H18N2O2/c1-10-5-3-4-6-12(10)14(18)15-8-11-7-13(17)16(2)9-11/h3-6,11H,7-9H2,1-2H3,(H,15,18). The van der Waals surface area contributed by atoms with Crippen LogP contribution >= 0.6 is 0 Å². The minimum absolute atomic E-state index is 0.0601. The molecule has 0 aromatic heterocycles. The second-order valence-electron chi connectivity index (χ2n) is 4.87. The molecule has 2 rings (SSSR count). The summed E-state index contributed by atoms with van der Waals surface area (Å²) >= 11 is 0. The zero-order valence-corrected chi connectivity index (χ0v) is 10.8. The maximum absolute atomic E-state index is 12.0. The molecule has 1 unspecified atom stereocenters. The zero-order valence-electron chi connectivity index (χ0n) is 10.8. The molecule has 4 nitrogen and oxygen atoms in total. The van der Waals surface area contributed by atoms with Crippen LogP contribution in [-0.2, 0) is 4.79 Å². The fraction of sp³-hybridized carbons (Fsp3) is 0.429. The third-order valence-electron chi connectivity index (χ3n) is 3.36.